The van der Waals surface area contributed by atoms with Crippen LogP contribution in [-0.4, -0.2) is 53.1 Å². The van der Waals surface area contributed by atoms with Gasteiger partial charge in [0, 0.05) is 19.3 Å². The second-order valence-corrected chi connectivity index (χ2v) is 9.24. The SMILES string of the molecule is COc1ccc(S(=O)(=O)N2CCCC(c3nnc(-c4cncnc4C)o3)C2)cc1C. The number of aromatic nitrogens is 4. The molecule has 4 rings (SSSR count). The van der Waals surface area contributed by atoms with Gasteiger partial charge in [-0.1, -0.05) is 0 Å². The highest BCUT2D eigenvalue weighted by molar-refractivity contribution is 7.89. The second kappa shape index (κ2) is 8.11. The number of rotatable bonds is 5. The Morgan fingerprint density at radius 3 is 2.80 bits per heavy atom. The van der Waals surface area contributed by atoms with Gasteiger partial charge in [0.15, 0.2) is 0 Å². The topological polar surface area (TPSA) is 111 Å². The Kier molecular flexibility index (Phi) is 5.52. The first kappa shape index (κ1) is 20.4. The Labute approximate surface area is 175 Å². The average molecular weight is 430 g/mol. The second-order valence-electron chi connectivity index (χ2n) is 7.30. The van der Waals surface area contributed by atoms with Gasteiger partial charge >= 0.3 is 0 Å². The van der Waals surface area contributed by atoms with Crippen molar-refractivity contribution in [2.45, 2.75) is 37.5 Å². The zero-order chi connectivity index (χ0) is 21.3. The summed E-state index contributed by atoms with van der Waals surface area (Å²) in [4.78, 5) is 8.40. The number of sulfonamides is 1. The molecule has 0 N–H and O–H groups in total. The summed E-state index contributed by atoms with van der Waals surface area (Å²) in [5, 5.41) is 8.29. The van der Waals surface area contributed by atoms with Crippen LogP contribution in [0.4, 0.5) is 0 Å². The fourth-order valence-corrected chi connectivity index (χ4v) is 5.24. The van der Waals surface area contributed by atoms with Gasteiger partial charge in [-0.15, -0.1) is 10.2 Å². The van der Waals surface area contributed by atoms with Crippen molar-refractivity contribution in [1.82, 2.24) is 24.5 Å². The van der Waals surface area contributed by atoms with Gasteiger partial charge in [0.25, 0.3) is 5.89 Å². The van der Waals surface area contributed by atoms with Crippen LogP contribution in [-0.2, 0) is 10.0 Å². The van der Waals surface area contributed by atoms with Gasteiger partial charge in [-0.3, -0.25) is 0 Å². The Hall–Kier alpha value is -2.85. The number of aryl methyl sites for hydroxylation is 2. The van der Waals surface area contributed by atoms with E-state index in [-0.39, 0.29) is 10.8 Å². The molecule has 10 heteroatoms. The third kappa shape index (κ3) is 3.80. The monoisotopic (exact) mass is 429 g/mol. The largest absolute Gasteiger partial charge is 0.496 e. The maximum atomic E-state index is 13.2. The highest BCUT2D eigenvalue weighted by atomic mass is 32.2. The number of hydrogen-bond acceptors (Lipinski definition) is 8. The number of benzene rings is 1. The van der Waals surface area contributed by atoms with Crippen LogP contribution in [0, 0.1) is 13.8 Å². The molecule has 2 aromatic heterocycles. The van der Waals surface area contributed by atoms with Crippen LogP contribution in [0.3, 0.4) is 0 Å². The molecule has 30 heavy (non-hydrogen) atoms. The molecule has 1 atom stereocenters. The summed E-state index contributed by atoms with van der Waals surface area (Å²) in [6.07, 6.45) is 4.58. The lowest BCUT2D eigenvalue weighted by Gasteiger charge is -2.30. The third-order valence-electron chi connectivity index (χ3n) is 5.32. The molecule has 158 valence electrons. The van der Waals surface area contributed by atoms with Gasteiger partial charge in [0.1, 0.15) is 12.1 Å². The number of methoxy groups -OCH3 is 1. The first-order chi connectivity index (χ1) is 14.4. The Morgan fingerprint density at radius 1 is 1.23 bits per heavy atom. The lowest BCUT2D eigenvalue weighted by molar-refractivity contribution is 0.286. The zero-order valence-corrected chi connectivity index (χ0v) is 17.9. The molecule has 0 bridgehead atoms. The molecule has 0 aliphatic carbocycles. The van der Waals surface area contributed by atoms with Gasteiger partial charge < -0.3 is 9.15 Å². The summed E-state index contributed by atoms with van der Waals surface area (Å²) in [6, 6.07) is 4.90. The standard InChI is InChI=1S/C20H23N5O4S/c1-13-9-16(6-7-18(13)28-3)30(26,27)25-8-4-5-15(11-25)19-23-24-20(29-19)17-10-21-12-22-14(17)2/h6-7,9-10,12,15H,4-5,8,11H2,1-3H3. The summed E-state index contributed by atoms with van der Waals surface area (Å²) in [5.74, 6) is 1.26. The highest BCUT2D eigenvalue weighted by Gasteiger charge is 2.33. The number of piperidine rings is 1. The average Bonchev–Trinajstić information content (AvgIpc) is 3.24. The van der Waals surface area contributed by atoms with Gasteiger partial charge in [-0.2, -0.15) is 4.31 Å². The molecular weight excluding hydrogens is 406 g/mol. The van der Waals surface area contributed by atoms with Crippen molar-refractivity contribution in [3.8, 4) is 17.2 Å². The van der Waals surface area contributed by atoms with Crippen molar-refractivity contribution in [1.29, 1.82) is 0 Å². The molecule has 1 fully saturated rings. The van der Waals surface area contributed by atoms with E-state index in [1.54, 1.807) is 31.5 Å². The van der Waals surface area contributed by atoms with Crippen LogP contribution in [0.25, 0.3) is 11.5 Å². The molecule has 1 aliphatic heterocycles. The predicted octanol–water partition coefficient (Wildman–Crippen LogP) is 2.72. The van der Waals surface area contributed by atoms with E-state index in [2.05, 4.69) is 20.2 Å². The fourth-order valence-electron chi connectivity index (χ4n) is 3.63. The Bertz CT molecular complexity index is 1160. The molecule has 1 unspecified atom stereocenters. The van der Waals surface area contributed by atoms with Crippen LogP contribution >= 0.6 is 0 Å². The highest BCUT2D eigenvalue weighted by Crippen LogP contribution is 2.32. The van der Waals surface area contributed by atoms with E-state index in [4.69, 9.17) is 9.15 Å². The Balaban J connectivity index is 1.56. The molecule has 0 spiro atoms. The number of hydrogen-bond donors (Lipinski definition) is 0. The van der Waals surface area contributed by atoms with Crippen molar-refractivity contribution in [2.24, 2.45) is 0 Å². The van der Waals surface area contributed by atoms with Crippen LogP contribution in [0.5, 0.6) is 5.75 Å². The van der Waals surface area contributed by atoms with Crippen molar-refractivity contribution in [3.05, 3.63) is 47.9 Å². The molecular formula is C20H23N5O4S. The van der Waals surface area contributed by atoms with Crippen LogP contribution in [0.15, 0.2) is 40.0 Å². The summed E-state index contributed by atoms with van der Waals surface area (Å²) < 4.78 is 39.0. The van der Waals surface area contributed by atoms with Crippen molar-refractivity contribution < 1.29 is 17.6 Å². The van der Waals surface area contributed by atoms with Gasteiger partial charge in [0.05, 0.1) is 29.2 Å². The van der Waals surface area contributed by atoms with E-state index in [9.17, 15) is 8.42 Å². The van der Waals surface area contributed by atoms with Crippen LogP contribution in [0.2, 0.25) is 0 Å². The summed E-state index contributed by atoms with van der Waals surface area (Å²) in [5.41, 5.74) is 2.18. The lowest BCUT2D eigenvalue weighted by Crippen LogP contribution is -2.39. The van der Waals surface area contributed by atoms with Crippen LogP contribution < -0.4 is 4.74 Å². The van der Waals surface area contributed by atoms with E-state index < -0.39 is 10.0 Å². The molecule has 0 saturated carbocycles. The maximum Gasteiger partial charge on any atom is 0.251 e. The minimum atomic E-state index is -3.63. The normalized spacial score (nSPS) is 17.8. The van der Waals surface area contributed by atoms with E-state index in [1.165, 1.54) is 10.6 Å². The van der Waals surface area contributed by atoms with Crippen LogP contribution in [0.1, 0.15) is 35.9 Å². The zero-order valence-electron chi connectivity index (χ0n) is 17.1. The minimum Gasteiger partial charge on any atom is -0.496 e. The Morgan fingerprint density at radius 2 is 2.07 bits per heavy atom. The molecule has 0 amide bonds. The van der Waals surface area contributed by atoms with Gasteiger partial charge in [0.2, 0.25) is 15.9 Å². The van der Waals surface area contributed by atoms with E-state index >= 15 is 0 Å². The molecule has 0 radical (unpaired) electrons. The lowest BCUT2D eigenvalue weighted by atomic mass is 10.00. The summed E-state index contributed by atoms with van der Waals surface area (Å²) in [7, 11) is -2.07. The first-order valence-electron chi connectivity index (χ1n) is 9.65. The molecule has 1 aromatic carbocycles. The van der Waals surface area contributed by atoms with Gasteiger partial charge in [-0.05, 0) is 50.5 Å². The fraction of sp³-hybridized carbons (Fsp3) is 0.400. The predicted molar refractivity (Wildman–Crippen MR) is 109 cm³/mol. The van der Waals surface area contributed by atoms with Crippen molar-refractivity contribution >= 4 is 10.0 Å². The summed E-state index contributed by atoms with van der Waals surface area (Å²) in [6.45, 7) is 4.41. The van der Waals surface area contributed by atoms with E-state index in [0.29, 0.717) is 42.6 Å². The van der Waals surface area contributed by atoms with Crippen molar-refractivity contribution in [3.63, 3.8) is 0 Å². The minimum absolute atomic E-state index is 0.168. The molecule has 1 saturated heterocycles. The van der Waals surface area contributed by atoms with E-state index in [0.717, 1.165) is 17.7 Å². The molecule has 1 aliphatic rings. The molecule has 3 aromatic rings. The summed E-state index contributed by atoms with van der Waals surface area (Å²) >= 11 is 0. The molecule has 3 heterocycles. The quantitative estimate of drug-likeness (QED) is 0.609. The maximum absolute atomic E-state index is 13.2. The third-order valence-corrected chi connectivity index (χ3v) is 7.18. The van der Waals surface area contributed by atoms with E-state index in [1.807, 2.05) is 13.8 Å². The van der Waals surface area contributed by atoms with Gasteiger partial charge in [-0.25, -0.2) is 18.4 Å². The smallest absolute Gasteiger partial charge is 0.251 e. The van der Waals surface area contributed by atoms with Crippen molar-refractivity contribution in [2.75, 3.05) is 20.2 Å². The molecule has 9 nitrogen and oxygen atoms in total. The number of ether oxygens (including phenoxy) is 1. The number of nitrogens with zero attached hydrogens (tertiary/aromatic N) is 5. The first-order valence-corrected chi connectivity index (χ1v) is 11.1.